The number of aliphatic hydroxyl groups excluding tert-OH is 2. The predicted octanol–water partition coefficient (Wildman–Crippen LogP) is -1.48. The molecule has 2 atom stereocenters. The Kier molecular flexibility index (Phi) is 7.65. The van der Waals surface area contributed by atoms with Crippen molar-refractivity contribution in [2.45, 2.75) is 10.9 Å². The van der Waals surface area contributed by atoms with E-state index in [0.717, 1.165) is 0 Å². The number of rotatable bonds is 4. The molecule has 0 spiro atoms. The van der Waals surface area contributed by atoms with Crippen molar-refractivity contribution in [1.29, 1.82) is 0 Å². The number of carboxylic acid groups (broad SMARTS) is 2. The molecule has 12 heavy (non-hydrogen) atoms. The van der Waals surface area contributed by atoms with Crippen LogP contribution in [0, 0.1) is 0 Å². The first-order chi connectivity index (χ1) is 4.95. The normalized spacial score (nSPS) is 14.2. The molecule has 0 amide bonds. The number of aliphatic hydroxyl groups is 2. The van der Waals surface area contributed by atoms with Gasteiger partial charge in [-0.05, 0) is 0 Å². The first-order valence-corrected chi connectivity index (χ1v) is 3.36. The maximum Gasteiger partial charge on any atom is 0.343 e. The van der Waals surface area contributed by atoms with Crippen LogP contribution in [0.15, 0.2) is 0 Å². The van der Waals surface area contributed by atoms with E-state index >= 15 is 0 Å². The molecule has 0 aliphatic rings. The van der Waals surface area contributed by atoms with E-state index in [1.165, 1.54) is 0 Å². The van der Waals surface area contributed by atoms with Crippen LogP contribution in [0.1, 0.15) is 0 Å². The van der Waals surface area contributed by atoms with E-state index in [9.17, 15) is 9.59 Å². The van der Waals surface area contributed by atoms with Gasteiger partial charge in [0, 0.05) is 20.1 Å². The summed E-state index contributed by atoms with van der Waals surface area (Å²) in [6.07, 6.45) is 0. The average Bonchev–Trinajstić information content (AvgIpc) is 1.87. The number of carbonyl (C=O) groups is 2. The molecule has 0 heterocycles. The van der Waals surface area contributed by atoms with Crippen LogP contribution in [0.5, 0.6) is 0 Å². The second-order valence-corrected chi connectivity index (χ2v) is 2.68. The summed E-state index contributed by atoms with van der Waals surface area (Å²) in [6.45, 7) is 0. The third-order valence-electron chi connectivity index (χ3n) is 0.680. The van der Waals surface area contributed by atoms with Crippen LogP contribution in [0.2, 0.25) is 0 Å². The molecular formula is C4H6O6STc. The summed E-state index contributed by atoms with van der Waals surface area (Å²) >= 11 is 0.0278. The summed E-state index contributed by atoms with van der Waals surface area (Å²) in [4.78, 5) is 19.8. The van der Waals surface area contributed by atoms with Gasteiger partial charge in [-0.25, -0.2) is 9.59 Å². The second-order valence-electron chi connectivity index (χ2n) is 1.52. The van der Waals surface area contributed by atoms with Crippen LogP contribution in [0.4, 0.5) is 0 Å². The molecule has 0 saturated heterocycles. The molecule has 0 aromatic carbocycles. The van der Waals surface area contributed by atoms with Crippen molar-refractivity contribution in [2.24, 2.45) is 0 Å². The molecule has 0 rings (SSSR count). The van der Waals surface area contributed by atoms with Gasteiger partial charge in [0.1, 0.15) is 0 Å². The number of aliphatic carboxylic acids is 2. The Bertz CT molecular complexity index is 155. The Morgan fingerprint density at radius 2 is 1.25 bits per heavy atom. The molecule has 0 aliphatic carbocycles. The van der Waals surface area contributed by atoms with Crippen LogP contribution in [0.3, 0.4) is 0 Å². The molecule has 0 aromatic rings. The van der Waals surface area contributed by atoms with E-state index in [-0.39, 0.29) is 31.9 Å². The molecule has 0 aliphatic heterocycles. The zero-order chi connectivity index (χ0) is 9.02. The standard InChI is InChI=1S/C4H6O6S.Tc/c5-1(6)3(9)11-4(10)2(7)8;/h3-4,9-10H,(H,5,6)(H,7,8);/i;1+1. The predicted molar refractivity (Wildman–Crippen MR) is 34.9 cm³/mol. The molecule has 4 N–H and O–H groups in total. The van der Waals surface area contributed by atoms with Gasteiger partial charge in [-0.1, -0.05) is 11.8 Å². The van der Waals surface area contributed by atoms with Crippen LogP contribution >= 0.6 is 11.8 Å². The number of hydrogen-bond donors (Lipinski definition) is 4. The molecule has 0 fully saturated rings. The van der Waals surface area contributed by atoms with Gasteiger partial charge in [-0.2, -0.15) is 0 Å². The Balaban J connectivity index is 0. The molecule has 0 aromatic heterocycles. The van der Waals surface area contributed by atoms with Gasteiger partial charge in [-0.3, -0.25) is 0 Å². The Hall–Kier alpha value is -0.141. The molecule has 71 valence electrons. The molecule has 6 nitrogen and oxygen atoms in total. The van der Waals surface area contributed by atoms with Gasteiger partial charge in [0.25, 0.3) is 0 Å². The average molecular weight is 281 g/mol. The second kappa shape index (κ2) is 6.38. The summed E-state index contributed by atoms with van der Waals surface area (Å²) < 4.78 is 0. The summed E-state index contributed by atoms with van der Waals surface area (Å²) in [6, 6.07) is 0. The summed E-state index contributed by atoms with van der Waals surface area (Å²) in [5, 5.41) is 33.0. The fourth-order valence-corrected chi connectivity index (χ4v) is 0.716. The number of carboxylic acids is 2. The third kappa shape index (κ3) is 5.50. The molecule has 2 unspecified atom stereocenters. The molecule has 0 saturated carbocycles. The van der Waals surface area contributed by atoms with Crippen molar-refractivity contribution in [3.05, 3.63) is 0 Å². The van der Waals surface area contributed by atoms with E-state index < -0.39 is 22.8 Å². The summed E-state index contributed by atoms with van der Waals surface area (Å²) in [5.41, 5.74) is -3.83. The fraction of sp³-hybridized carbons (Fsp3) is 0.500. The minimum absolute atomic E-state index is 0. The van der Waals surface area contributed by atoms with E-state index in [1.54, 1.807) is 0 Å². The smallest absolute Gasteiger partial charge is 0.343 e. The van der Waals surface area contributed by atoms with Gasteiger partial charge in [-0.15, -0.1) is 0 Å². The Morgan fingerprint density at radius 1 is 1.00 bits per heavy atom. The summed E-state index contributed by atoms with van der Waals surface area (Å²) in [7, 11) is 0. The van der Waals surface area contributed by atoms with E-state index in [1.807, 2.05) is 0 Å². The largest absolute Gasteiger partial charge is 0.479 e. The Morgan fingerprint density at radius 3 is 1.42 bits per heavy atom. The van der Waals surface area contributed by atoms with E-state index in [2.05, 4.69) is 0 Å². The van der Waals surface area contributed by atoms with Crippen molar-refractivity contribution in [2.75, 3.05) is 0 Å². The van der Waals surface area contributed by atoms with E-state index in [0.29, 0.717) is 0 Å². The van der Waals surface area contributed by atoms with Crippen molar-refractivity contribution in [3.63, 3.8) is 0 Å². The molecule has 1 radical (unpaired) electrons. The molecular weight excluding hydrogens is 275 g/mol. The first-order valence-electron chi connectivity index (χ1n) is 2.42. The molecule has 8 heteroatoms. The molecule has 0 bridgehead atoms. The number of hydrogen-bond acceptors (Lipinski definition) is 5. The van der Waals surface area contributed by atoms with Crippen LogP contribution in [0.25, 0.3) is 0 Å². The fourth-order valence-electron chi connectivity index (χ4n) is 0.239. The van der Waals surface area contributed by atoms with Gasteiger partial charge in [0.2, 0.25) is 10.9 Å². The van der Waals surface area contributed by atoms with Crippen LogP contribution in [-0.4, -0.2) is 43.2 Å². The van der Waals surface area contributed by atoms with Gasteiger partial charge >= 0.3 is 11.9 Å². The van der Waals surface area contributed by atoms with Crippen LogP contribution in [-0.2, 0) is 29.7 Å². The maximum atomic E-state index is 9.88. The Labute approximate surface area is 84.9 Å². The van der Waals surface area contributed by atoms with Gasteiger partial charge < -0.3 is 20.4 Å². The zero-order valence-electron chi connectivity index (χ0n) is 5.55. The van der Waals surface area contributed by atoms with Crippen molar-refractivity contribution in [1.82, 2.24) is 0 Å². The van der Waals surface area contributed by atoms with Crippen molar-refractivity contribution in [3.8, 4) is 0 Å². The quantitative estimate of drug-likeness (QED) is 0.465. The SMILES string of the molecule is O=C(O)C(O)SC(O)C(=O)O.[99Tc]. The minimum Gasteiger partial charge on any atom is -0.479 e. The first kappa shape index (κ1) is 14.4. The minimum atomic E-state index is -1.92. The van der Waals surface area contributed by atoms with Gasteiger partial charge in [0.15, 0.2) is 0 Å². The number of thioether (sulfide) groups is 1. The van der Waals surface area contributed by atoms with Crippen molar-refractivity contribution < 1.29 is 50.1 Å². The van der Waals surface area contributed by atoms with Crippen molar-refractivity contribution >= 4 is 23.7 Å². The van der Waals surface area contributed by atoms with Gasteiger partial charge in [0.05, 0.1) is 0 Å². The summed E-state index contributed by atoms with van der Waals surface area (Å²) in [5.74, 6) is -3.18. The monoisotopic (exact) mass is 281 g/mol. The third-order valence-corrected chi connectivity index (χ3v) is 1.60. The zero-order valence-corrected chi connectivity index (χ0v) is 8.22. The maximum absolute atomic E-state index is 9.88. The van der Waals surface area contributed by atoms with Crippen LogP contribution < -0.4 is 0 Å². The topological polar surface area (TPSA) is 115 Å². The van der Waals surface area contributed by atoms with E-state index in [4.69, 9.17) is 20.4 Å².